The molecule has 0 saturated heterocycles. The van der Waals surface area contributed by atoms with Gasteiger partial charge in [-0.1, -0.05) is 27.2 Å². The molecule has 1 radical (unpaired) electrons. The number of unbranched alkanes of at least 4 members (excludes halogenated alkanes) is 1. The zero-order valence-corrected chi connectivity index (χ0v) is 7.43. The topological polar surface area (TPSA) is 26.3 Å². The second-order valence-electron chi connectivity index (χ2n) is 3.03. The fourth-order valence-electron chi connectivity index (χ4n) is 0.601. The van der Waals surface area contributed by atoms with Gasteiger partial charge in [-0.25, -0.2) is 0 Å². The zero-order chi connectivity index (χ0) is 8.69. The van der Waals surface area contributed by atoms with Crippen molar-refractivity contribution in [3.63, 3.8) is 0 Å². The Balaban J connectivity index is 3.23. The molecular formula is C9H17O2. The Labute approximate surface area is 68.9 Å². The van der Waals surface area contributed by atoms with E-state index in [1.165, 1.54) is 0 Å². The van der Waals surface area contributed by atoms with Gasteiger partial charge in [0.25, 0.3) is 0 Å². The summed E-state index contributed by atoms with van der Waals surface area (Å²) in [4.78, 5) is 10.9. The van der Waals surface area contributed by atoms with Gasteiger partial charge in [-0.3, -0.25) is 4.79 Å². The first-order chi connectivity index (χ1) is 5.16. The van der Waals surface area contributed by atoms with Crippen LogP contribution >= 0.6 is 0 Å². The standard InChI is InChI=1S/C9H17O2/c1-4-5-6-9(10)11-7-8(2)3/h8H,1,4-7H2,2-3H3. The van der Waals surface area contributed by atoms with Gasteiger partial charge in [-0.15, -0.1) is 0 Å². The predicted molar refractivity (Wildman–Crippen MR) is 45.0 cm³/mol. The molecule has 0 N–H and O–H groups in total. The molecule has 0 aliphatic heterocycles. The summed E-state index contributed by atoms with van der Waals surface area (Å²) in [6.45, 7) is 8.23. The summed E-state index contributed by atoms with van der Waals surface area (Å²) in [5.41, 5.74) is 0. The molecule has 0 aliphatic rings. The first kappa shape index (κ1) is 10.5. The highest BCUT2D eigenvalue weighted by atomic mass is 16.5. The van der Waals surface area contributed by atoms with Crippen LogP contribution < -0.4 is 0 Å². The van der Waals surface area contributed by atoms with Gasteiger partial charge in [0.05, 0.1) is 6.61 Å². The Morgan fingerprint density at radius 2 is 2.18 bits per heavy atom. The van der Waals surface area contributed by atoms with Crippen LogP contribution in [0.3, 0.4) is 0 Å². The summed E-state index contributed by atoms with van der Waals surface area (Å²) in [7, 11) is 0. The van der Waals surface area contributed by atoms with E-state index in [1.807, 2.05) is 13.8 Å². The highest BCUT2D eigenvalue weighted by molar-refractivity contribution is 5.69. The molecule has 0 aromatic rings. The van der Waals surface area contributed by atoms with Crippen LogP contribution in [0.15, 0.2) is 0 Å². The zero-order valence-electron chi connectivity index (χ0n) is 7.43. The second kappa shape index (κ2) is 6.20. The molecule has 0 aliphatic carbocycles. The molecular weight excluding hydrogens is 140 g/mol. The van der Waals surface area contributed by atoms with Crippen LogP contribution in [0.5, 0.6) is 0 Å². The molecule has 0 spiro atoms. The number of rotatable bonds is 5. The smallest absolute Gasteiger partial charge is 0.305 e. The molecule has 0 unspecified atom stereocenters. The summed E-state index contributed by atoms with van der Waals surface area (Å²) in [6, 6.07) is 0. The maximum atomic E-state index is 10.9. The summed E-state index contributed by atoms with van der Waals surface area (Å²) < 4.78 is 4.94. The average molecular weight is 157 g/mol. The molecule has 0 fully saturated rings. The van der Waals surface area contributed by atoms with Crippen molar-refractivity contribution in [2.24, 2.45) is 5.92 Å². The van der Waals surface area contributed by atoms with Crippen molar-refractivity contribution < 1.29 is 9.53 Å². The van der Waals surface area contributed by atoms with Gasteiger partial charge >= 0.3 is 5.97 Å². The molecule has 0 rings (SSSR count). The van der Waals surface area contributed by atoms with E-state index in [0.717, 1.165) is 12.8 Å². The fourth-order valence-corrected chi connectivity index (χ4v) is 0.601. The van der Waals surface area contributed by atoms with Crippen molar-refractivity contribution in [2.45, 2.75) is 33.1 Å². The van der Waals surface area contributed by atoms with E-state index in [-0.39, 0.29) is 5.97 Å². The monoisotopic (exact) mass is 157 g/mol. The third-order valence-corrected chi connectivity index (χ3v) is 1.21. The number of hydrogen-bond acceptors (Lipinski definition) is 2. The normalized spacial score (nSPS) is 10.2. The van der Waals surface area contributed by atoms with Crippen LogP contribution in [-0.2, 0) is 9.53 Å². The van der Waals surface area contributed by atoms with Gasteiger partial charge in [0.15, 0.2) is 0 Å². The Morgan fingerprint density at radius 1 is 1.55 bits per heavy atom. The minimum absolute atomic E-state index is 0.0950. The SMILES string of the molecule is [CH2]CCCC(=O)OCC(C)C. The van der Waals surface area contributed by atoms with Crippen molar-refractivity contribution >= 4 is 5.97 Å². The van der Waals surface area contributed by atoms with Crippen molar-refractivity contribution in [1.82, 2.24) is 0 Å². The molecule has 2 heteroatoms. The lowest BCUT2D eigenvalue weighted by Crippen LogP contribution is -2.09. The van der Waals surface area contributed by atoms with E-state index in [2.05, 4.69) is 6.92 Å². The molecule has 2 nitrogen and oxygen atoms in total. The number of esters is 1. The van der Waals surface area contributed by atoms with Crippen LogP contribution in [0.25, 0.3) is 0 Å². The van der Waals surface area contributed by atoms with E-state index in [4.69, 9.17) is 4.74 Å². The molecule has 65 valence electrons. The molecule has 0 amide bonds. The first-order valence-electron chi connectivity index (χ1n) is 4.11. The summed E-state index contributed by atoms with van der Waals surface area (Å²) in [6.07, 6.45) is 2.14. The number of ether oxygens (including phenoxy) is 1. The van der Waals surface area contributed by atoms with E-state index >= 15 is 0 Å². The minimum atomic E-state index is -0.0950. The largest absolute Gasteiger partial charge is 0.465 e. The lowest BCUT2D eigenvalue weighted by Gasteiger charge is -2.05. The summed E-state index contributed by atoms with van der Waals surface area (Å²) in [5.74, 6) is 0.334. The Kier molecular flexibility index (Phi) is 5.90. The van der Waals surface area contributed by atoms with Gasteiger partial charge in [0.1, 0.15) is 0 Å². The molecule has 0 aromatic carbocycles. The average Bonchev–Trinajstić information content (AvgIpc) is 1.97. The Morgan fingerprint density at radius 3 is 2.64 bits per heavy atom. The van der Waals surface area contributed by atoms with Crippen LogP contribution in [0, 0.1) is 12.8 Å². The first-order valence-corrected chi connectivity index (χ1v) is 4.11. The van der Waals surface area contributed by atoms with Gasteiger partial charge in [0, 0.05) is 6.42 Å². The molecule has 0 bridgehead atoms. The van der Waals surface area contributed by atoms with E-state index in [9.17, 15) is 4.79 Å². The fraction of sp³-hybridized carbons (Fsp3) is 0.778. The minimum Gasteiger partial charge on any atom is -0.465 e. The third-order valence-electron chi connectivity index (χ3n) is 1.21. The van der Waals surface area contributed by atoms with Crippen LogP contribution in [0.4, 0.5) is 0 Å². The molecule has 11 heavy (non-hydrogen) atoms. The number of carbonyl (C=O) groups is 1. The lowest BCUT2D eigenvalue weighted by molar-refractivity contribution is -0.144. The van der Waals surface area contributed by atoms with Gasteiger partial charge < -0.3 is 4.74 Å². The predicted octanol–water partition coefficient (Wildman–Crippen LogP) is 2.19. The highest BCUT2D eigenvalue weighted by Gasteiger charge is 2.02. The number of carbonyl (C=O) groups excluding carboxylic acids is 1. The van der Waals surface area contributed by atoms with Gasteiger partial charge in [-0.05, 0) is 12.3 Å². The van der Waals surface area contributed by atoms with Crippen molar-refractivity contribution in [3.8, 4) is 0 Å². The Hall–Kier alpha value is -0.530. The summed E-state index contributed by atoms with van der Waals surface area (Å²) >= 11 is 0. The highest BCUT2D eigenvalue weighted by Crippen LogP contribution is 1.99. The van der Waals surface area contributed by atoms with E-state index in [0.29, 0.717) is 18.9 Å². The second-order valence-corrected chi connectivity index (χ2v) is 3.03. The third kappa shape index (κ3) is 7.37. The van der Waals surface area contributed by atoms with Crippen molar-refractivity contribution in [2.75, 3.05) is 6.61 Å². The molecule has 0 saturated carbocycles. The van der Waals surface area contributed by atoms with Crippen LogP contribution in [0.1, 0.15) is 33.1 Å². The maximum Gasteiger partial charge on any atom is 0.305 e. The maximum absolute atomic E-state index is 10.9. The molecule has 0 aromatic heterocycles. The van der Waals surface area contributed by atoms with Gasteiger partial charge in [0.2, 0.25) is 0 Å². The number of hydrogen-bond donors (Lipinski definition) is 0. The molecule has 0 atom stereocenters. The lowest BCUT2D eigenvalue weighted by atomic mass is 10.2. The van der Waals surface area contributed by atoms with Crippen molar-refractivity contribution in [1.29, 1.82) is 0 Å². The van der Waals surface area contributed by atoms with Gasteiger partial charge in [-0.2, -0.15) is 0 Å². The summed E-state index contributed by atoms with van der Waals surface area (Å²) in [5, 5.41) is 0. The van der Waals surface area contributed by atoms with Crippen LogP contribution in [-0.4, -0.2) is 12.6 Å². The quantitative estimate of drug-likeness (QED) is 0.572. The van der Waals surface area contributed by atoms with Crippen LogP contribution in [0.2, 0.25) is 0 Å². The van der Waals surface area contributed by atoms with E-state index in [1.54, 1.807) is 0 Å². The molecule has 0 heterocycles. The van der Waals surface area contributed by atoms with E-state index < -0.39 is 0 Å². The Bertz CT molecular complexity index is 108. The van der Waals surface area contributed by atoms with Crippen molar-refractivity contribution in [3.05, 3.63) is 6.92 Å².